The number of rotatable bonds is 5. The molecule has 1 aromatic rings. The molecule has 0 bridgehead atoms. The molecule has 19 heavy (non-hydrogen) atoms. The molecule has 1 aliphatic rings. The number of hydrogen-bond acceptors (Lipinski definition) is 4. The maximum absolute atomic E-state index is 12.9. The van der Waals surface area contributed by atoms with Crippen LogP contribution in [-0.2, 0) is 14.8 Å². The number of nitrogen functional groups attached to an aromatic ring is 1. The summed E-state index contributed by atoms with van der Waals surface area (Å²) >= 11 is 0. The van der Waals surface area contributed by atoms with E-state index >= 15 is 0 Å². The molecular formula is C12H17FN2O3S. The molecule has 7 heteroatoms. The number of ether oxygens (including phenoxy) is 1. The van der Waals surface area contributed by atoms with Crippen LogP contribution in [0.3, 0.4) is 0 Å². The molecule has 1 saturated heterocycles. The lowest BCUT2D eigenvalue weighted by Gasteiger charge is -2.11. The fourth-order valence-electron chi connectivity index (χ4n) is 2.07. The summed E-state index contributed by atoms with van der Waals surface area (Å²) in [6.45, 7) is 1.02. The largest absolute Gasteiger partial charge is 0.398 e. The standard InChI is InChI=1S/C12H17FN2O3S/c13-9-3-4-12(11(14)8-9)19(16,17)15-6-5-10-2-1-7-18-10/h3-4,8,10,15H,1-2,5-7,14H2. The Bertz CT molecular complexity index is 542. The maximum atomic E-state index is 12.9. The summed E-state index contributed by atoms with van der Waals surface area (Å²) in [6, 6.07) is 3.23. The smallest absolute Gasteiger partial charge is 0.242 e. The topological polar surface area (TPSA) is 81.4 Å². The lowest BCUT2D eigenvalue weighted by Crippen LogP contribution is -2.27. The Morgan fingerprint density at radius 1 is 1.47 bits per heavy atom. The summed E-state index contributed by atoms with van der Waals surface area (Å²) in [5.41, 5.74) is 5.42. The third kappa shape index (κ3) is 3.65. The van der Waals surface area contributed by atoms with E-state index in [1.54, 1.807) is 0 Å². The first kappa shape index (κ1) is 14.2. The first-order valence-electron chi connectivity index (χ1n) is 6.15. The molecule has 1 fully saturated rings. The number of hydrogen-bond donors (Lipinski definition) is 2. The second-order valence-corrected chi connectivity index (χ2v) is 6.24. The maximum Gasteiger partial charge on any atom is 0.242 e. The minimum absolute atomic E-state index is 0.0929. The summed E-state index contributed by atoms with van der Waals surface area (Å²) in [5, 5.41) is 0. The predicted octanol–water partition coefficient (Wildman–Crippen LogP) is 1.26. The van der Waals surface area contributed by atoms with Crippen LogP contribution in [0.5, 0.6) is 0 Å². The molecular weight excluding hydrogens is 271 g/mol. The highest BCUT2D eigenvalue weighted by Crippen LogP contribution is 2.19. The van der Waals surface area contributed by atoms with Crippen molar-refractivity contribution in [2.24, 2.45) is 0 Å². The van der Waals surface area contributed by atoms with E-state index in [0.717, 1.165) is 31.6 Å². The Kier molecular flexibility index (Phi) is 4.38. The molecule has 0 aliphatic carbocycles. The fraction of sp³-hybridized carbons (Fsp3) is 0.500. The van der Waals surface area contributed by atoms with Crippen molar-refractivity contribution in [1.82, 2.24) is 4.72 Å². The van der Waals surface area contributed by atoms with Crippen molar-refractivity contribution < 1.29 is 17.5 Å². The highest BCUT2D eigenvalue weighted by molar-refractivity contribution is 7.89. The Hall–Kier alpha value is -1.18. The molecule has 3 N–H and O–H groups in total. The van der Waals surface area contributed by atoms with Gasteiger partial charge >= 0.3 is 0 Å². The molecule has 2 rings (SSSR count). The molecule has 0 saturated carbocycles. The number of anilines is 1. The summed E-state index contributed by atoms with van der Waals surface area (Å²) in [5.74, 6) is -0.559. The van der Waals surface area contributed by atoms with Gasteiger partial charge in [0.25, 0.3) is 0 Å². The van der Waals surface area contributed by atoms with Crippen LogP contribution in [0.2, 0.25) is 0 Å². The van der Waals surface area contributed by atoms with Gasteiger partial charge in [-0.05, 0) is 37.5 Å². The summed E-state index contributed by atoms with van der Waals surface area (Å²) in [4.78, 5) is -0.0961. The van der Waals surface area contributed by atoms with Crippen LogP contribution in [0.1, 0.15) is 19.3 Å². The molecule has 0 spiro atoms. The minimum atomic E-state index is -3.70. The Balaban J connectivity index is 1.97. The Morgan fingerprint density at radius 2 is 2.26 bits per heavy atom. The number of benzene rings is 1. The summed E-state index contributed by atoms with van der Waals surface area (Å²) in [6.07, 6.45) is 2.72. The van der Waals surface area contributed by atoms with Gasteiger partial charge in [-0.1, -0.05) is 0 Å². The molecule has 1 unspecified atom stereocenters. The van der Waals surface area contributed by atoms with Gasteiger partial charge < -0.3 is 10.5 Å². The van der Waals surface area contributed by atoms with Crippen LogP contribution in [0.4, 0.5) is 10.1 Å². The fourth-order valence-corrected chi connectivity index (χ4v) is 3.23. The number of sulfonamides is 1. The van der Waals surface area contributed by atoms with Crippen LogP contribution >= 0.6 is 0 Å². The lowest BCUT2D eigenvalue weighted by molar-refractivity contribution is 0.105. The van der Waals surface area contributed by atoms with Crippen LogP contribution in [0.25, 0.3) is 0 Å². The normalized spacial score (nSPS) is 19.7. The molecule has 1 heterocycles. The van der Waals surface area contributed by atoms with E-state index in [9.17, 15) is 12.8 Å². The monoisotopic (exact) mass is 288 g/mol. The predicted molar refractivity (Wildman–Crippen MR) is 69.6 cm³/mol. The van der Waals surface area contributed by atoms with Crippen molar-refractivity contribution in [2.45, 2.75) is 30.3 Å². The molecule has 5 nitrogen and oxygen atoms in total. The molecule has 106 valence electrons. The van der Waals surface area contributed by atoms with Crippen molar-refractivity contribution in [2.75, 3.05) is 18.9 Å². The molecule has 1 aliphatic heterocycles. The quantitative estimate of drug-likeness (QED) is 0.799. The van der Waals surface area contributed by atoms with Gasteiger partial charge in [0, 0.05) is 13.2 Å². The Morgan fingerprint density at radius 3 is 2.89 bits per heavy atom. The summed E-state index contributed by atoms with van der Waals surface area (Å²) in [7, 11) is -3.70. The zero-order chi connectivity index (χ0) is 13.9. The van der Waals surface area contributed by atoms with Gasteiger partial charge in [0.15, 0.2) is 0 Å². The molecule has 0 aromatic heterocycles. The van der Waals surface area contributed by atoms with Crippen LogP contribution < -0.4 is 10.5 Å². The second kappa shape index (κ2) is 5.85. The van der Waals surface area contributed by atoms with Crippen LogP contribution in [0, 0.1) is 5.82 Å². The van der Waals surface area contributed by atoms with E-state index in [0.29, 0.717) is 6.42 Å². The average molecular weight is 288 g/mol. The number of nitrogens with two attached hydrogens (primary N) is 1. The van der Waals surface area contributed by atoms with Gasteiger partial charge in [0.2, 0.25) is 10.0 Å². The molecule has 0 radical (unpaired) electrons. The second-order valence-electron chi connectivity index (χ2n) is 4.50. The summed E-state index contributed by atoms with van der Waals surface area (Å²) < 4.78 is 44.7. The SMILES string of the molecule is Nc1cc(F)ccc1S(=O)(=O)NCCC1CCCO1. The van der Waals surface area contributed by atoms with E-state index in [4.69, 9.17) is 10.5 Å². The first-order valence-corrected chi connectivity index (χ1v) is 7.63. The third-order valence-electron chi connectivity index (χ3n) is 3.04. The van der Waals surface area contributed by atoms with Gasteiger partial charge in [0.05, 0.1) is 11.8 Å². The number of nitrogens with one attached hydrogen (secondary N) is 1. The van der Waals surface area contributed by atoms with Gasteiger partial charge in [-0.3, -0.25) is 0 Å². The zero-order valence-corrected chi connectivity index (χ0v) is 11.2. The zero-order valence-electron chi connectivity index (χ0n) is 10.4. The van der Waals surface area contributed by atoms with Gasteiger partial charge in [-0.25, -0.2) is 17.5 Å². The van der Waals surface area contributed by atoms with E-state index in [-0.39, 0.29) is 23.2 Å². The van der Waals surface area contributed by atoms with Crippen molar-refractivity contribution in [3.05, 3.63) is 24.0 Å². The van der Waals surface area contributed by atoms with E-state index in [1.165, 1.54) is 6.07 Å². The highest BCUT2D eigenvalue weighted by Gasteiger charge is 2.20. The number of halogens is 1. The molecule has 1 aromatic carbocycles. The molecule has 1 atom stereocenters. The molecule has 0 amide bonds. The van der Waals surface area contributed by atoms with E-state index < -0.39 is 15.8 Å². The van der Waals surface area contributed by atoms with Crippen molar-refractivity contribution in [1.29, 1.82) is 0 Å². The first-order chi connectivity index (χ1) is 8.99. The minimum Gasteiger partial charge on any atom is -0.398 e. The van der Waals surface area contributed by atoms with E-state index in [1.807, 2.05) is 0 Å². The van der Waals surface area contributed by atoms with E-state index in [2.05, 4.69) is 4.72 Å². The van der Waals surface area contributed by atoms with Gasteiger partial charge in [0.1, 0.15) is 10.7 Å². The lowest BCUT2D eigenvalue weighted by atomic mass is 10.2. The van der Waals surface area contributed by atoms with Gasteiger partial charge in [-0.2, -0.15) is 0 Å². The van der Waals surface area contributed by atoms with Gasteiger partial charge in [-0.15, -0.1) is 0 Å². The third-order valence-corrected chi connectivity index (χ3v) is 4.58. The van der Waals surface area contributed by atoms with Crippen LogP contribution in [0.15, 0.2) is 23.1 Å². The Labute approximate surface area is 112 Å². The average Bonchev–Trinajstić information content (AvgIpc) is 2.81. The highest BCUT2D eigenvalue weighted by atomic mass is 32.2. The van der Waals surface area contributed by atoms with Crippen molar-refractivity contribution >= 4 is 15.7 Å². The van der Waals surface area contributed by atoms with Crippen LogP contribution in [-0.4, -0.2) is 27.7 Å². The van der Waals surface area contributed by atoms with Crippen molar-refractivity contribution in [3.8, 4) is 0 Å². The van der Waals surface area contributed by atoms with Crippen molar-refractivity contribution in [3.63, 3.8) is 0 Å².